The van der Waals surface area contributed by atoms with Crippen molar-refractivity contribution < 1.29 is 0 Å². The molecule has 3 rings (SSSR count). The van der Waals surface area contributed by atoms with Gasteiger partial charge < -0.3 is 0 Å². The molecule has 1 heterocycles. The Morgan fingerprint density at radius 1 is 1.00 bits per heavy atom. The fourth-order valence-electron chi connectivity index (χ4n) is 2.08. The first-order valence-corrected chi connectivity index (χ1v) is 5.75. The molecule has 3 nitrogen and oxygen atoms in total. The number of benzene rings is 1. The summed E-state index contributed by atoms with van der Waals surface area (Å²) in [4.78, 5) is 4.18. The van der Waals surface area contributed by atoms with Gasteiger partial charge in [-0.1, -0.05) is 30.3 Å². The van der Waals surface area contributed by atoms with Gasteiger partial charge in [-0.15, -0.1) is 0 Å². The number of nitrogens with zero attached hydrogens (tertiary/aromatic N) is 2. The molecule has 0 spiro atoms. The largest absolute Gasteiger partial charge is 0.261 e. The Morgan fingerprint density at radius 3 is 2.76 bits per heavy atom. The summed E-state index contributed by atoms with van der Waals surface area (Å²) in [7, 11) is 0. The lowest BCUT2D eigenvalue weighted by Crippen LogP contribution is -2.00. The Balaban J connectivity index is 1.83. The van der Waals surface area contributed by atoms with E-state index in [2.05, 4.69) is 39.8 Å². The first kappa shape index (κ1) is 10.0. The second kappa shape index (κ2) is 4.37. The quantitative estimate of drug-likeness (QED) is 0.795. The van der Waals surface area contributed by atoms with Gasteiger partial charge in [0.05, 0.1) is 5.71 Å². The average molecular weight is 223 g/mol. The van der Waals surface area contributed by atoms with Crippen LogP contribution in [0.15, 0.2) is 53.8 Å². The molecule has 2 aromatic rings. The van der Waals surface area contributed by atoms with Crippen molar-refractivity contribution in [1.29, 1.82) is 0 Å². The van der Waals surface area contributed by atoms with Crippen molar-refractivity contribution in [2.45, 2.75) is 12.8 Å². The van der Waals surface area contributed by atoms with Gasteiger partial charge in [0.15, 0.2) is 0 Å². The predicted octanol–water partition coefficient (Wildman–Crippen LogP) is 2.84. The third-order valence-electron chi connectivity index (χ3n) is 2.93. The summed E-state index contributed by atoms with van der Waals surface area (Å²) in [6.45, 7) is 0. The van der Waals surface area contributed by atoms with Crippen molar-refractivity contribution in [2.24, 2.45) is 5.10 Å². The molecule has 0 saturated carbocycles. The van der Waals surface area contributed by atoms with Crippen molar-refractivity contribution in [1.82, 2.24) is 4.98 Å². The topological polar surface area (TPSA) is 37.3 Å². The highest BCUT2D eigenvalue weighted by Crippen LogP contribution is 2.22. The molecule has 1 aromatic carbocycles. The number of pyridine rings is 1. The molecule has 0 amide bonds. The highest BCUT2D eigenvalue weighted by Gasteiger charge is 2.16. The zero-order valence-corrected chi connectivity index (χ0v) is 9.43. The molecular weight excluding hydrogens is 210 g/mol. The summed E-state index contributed by atoms with van der Waals surface area (Å²) in [6, 6.07) is 14.2. The molecule has 0 radical (unpaired) electrons. The van der Waals surface area contributed by atoms with Gasteiger partial charge in [-0.25, -0.2) is 4.98 Å². The van der Waals surface area contributed by atoms with Crippen molar-refractivity contribution in [3.8, 4) is 0 Å². The maximum absolute atomic E-state index is 4.44. The fourth-order valence-corrected chi connectivity index (χ4v) is 2.08. The number of nitrogens with one attached hydrogen (secondary N) is 1. The van der Waals surface area contributed by atoms with Crippen LogP contribution in [0.1, 0.15) is 17.5 Å². The van der Waals surface area contributed by atoms with Crippen molar-refractivity contribution in [3.05, 3.63) is 59.8 Å². The van der Waals surface area contributed by atoms with Crippen molar-refractivity contribution >= 4 is 11.5 Å². The lowest BCUT2D eigenvalue weighted by molar-refractivity contribution is 1.08. The first-order chi connectivity index (χ1) is 8.43. The van der Waals surface area contributed by atoms with E-state index < -0.39 is 0 Å². The minimum absolute atomic E-state index is 0.782. The number of fused-ring (bicyclic) bond motifs is 1. The van der Waals surface area contributed by atoms with Gasteiger partial charge in [0.25, 0.3) is 0 Å². The minimum Gasteiger partial charge on any atom is -0.261 e. The zero-order valence-electron chi connectivity index (χ0n) is 9.43. The van der Waals surface area contributed by atoms with Crippen LogP contribution < -0.4 is 5.43 Å². The Kier molecular flexibility index (Phi) is 2.58. The molecule has 1 N–H and O–H groups in total. The van der Waals surface area contributed by atoms with Gasteiger partial charge >= 0.3 is 0 Å². The lowest BCUT2D eigenvalue weighted by Gasteiger charge is -2.01. The number of hydrogen-bond acceptors (Lipinski definition) is 3. The summed E-state index contributed by atoms with van der Waals surface area (Å²) in [5.41, 5.74) is 6.76. The molecule has 1 aliphatic carbocycles. The van der Waals surface area contributed by atoms with E-state index in [1.54, 1.807) is 6.20 Å². The number of aromatic nitrogens is 1. The van der Waals surface area contributed by atoms with E-state index in [0.29, 0.717) is 0 Å². The van der Waals surface area contributed by atoms with E-state index >= 15 is 0 Å². The molecule has 0 aliphatic heterocycles. The van der Waals surface area contributed by atoms with E-state index in [1.807, 2.05) is 18.2 Å². The van der Waals surface area contributed by atoms with Gasteiger partial charge in [0.1, 0.15) is 5.82 Å². The van der Waals surface area contributed by atoms with Crippen LogP contribution in [0.4, 0.5) is 5.82 Å². The number of anilines is 1. The zero-order chi connectivity index (χ0) is 11.5. The smallest absolute Gasteiger partial charge is 0.146 e. The van der Waals surface area contributed by atoms with Crippen LogP contribution in [-0.2, 0) is 6.42 Å². The molecule has 84 valence electrons. The van der Waals surface area contributed by atoms with Crippen LogP contribution in [0.25, 0.3) is 0 Å². The van der Waals surface area contributed by atoms with E-state index in [1.165, 1.54) is 11.1 Å². The maximum atomic E-state index is 4.44. The molecule has 0 saturated heterocycles. The number of aryl methyl sites for hydroxylation is 1. The van der Waals surface area contributed by atoms with Gasteiger partial charge in [0, 0.05) is 11.8 Å². The Hall–Kier alpha value is -2.16. The van der Waals surface area contributed by atoms with E-state index in [-0.39, 0.29) is 0 Å². The van der Waals surface area contributed by atoms with Gasteiger partial charge in [0.2, 0.25) is 0 Å². The van der Waals surface area contributed by atoms with E-state index in [0.717, 1.165) is 24.4 Å². The van der Waals surface area contributed by atoms with Gasteiger partial charge in [-0.2, -0.15) is 5.10 Å². The van der Waals surface area contributed by atoms with Crippen LogP contribution in [-0.4, -0.2) is 10.7 Å². The monoisotopic (exact) mass is 223 g/mol. The standard InChI is InChI=1S/C14H13N3/c1-2-6-12-11(5-1)8-9-13(12)16-17-14-7-3-4-10-15-14/h1-7,10H,8-9H2,(H,15,17)/b16-13+. The number of hydrogen-bond donors (Lipinski definition) is 1. The van der Waals surface area contributed by atoms with Crippen LogP contribution in [0.2, 0.25) is 0 Å². The van der Waals surface area contributed by atoms with Crippen LogP contribution >= 0.6 is 0 Å². The maximum Gasteiger partial charge on any atom is 0.146 e. The second-order valence-corrected chi connectivity index (χ2v) is 4.04. The molecule has 0 fully saturated rings. The van der Waals surface area contributed by atoms with E-state index in [9.17, 15) is 0 Å². The number of rotatable bonds is 2. The Bertz CT molecular complexity index is 546. The Labute approximate surface area is 100 Å². The van der Waals surface area contributed by atoms with Crippen molar-refractivity contribution in [2.75, 3.05) is 5.43 Å². The average Bonchev–Trinajstić information content (AvgIpc) is 2.81. The van der Waals surface area contributed by atoms with Gasteiger partial charge in [-0.3, -0.25) is 5.43 Å². The third kappa shape index (κ3) is 2.04. The van der Waals surface area contributed by atoms with Crippen LogP contribution in [0.5, 0.6) is 0 Å². The highest BCUT2D eigenvalue weighted by molar-refractivity contribution is 6.04. The lowest BCUT2D eigenvalue weighted by atomic mass is 10.1. The first-order valence-electron chi connectivity index (χ1n) is 5.75. The summed E-state index contributed by atoms with van der Waals surface area (Å²) < 4.78 is 0. The molecular formula is C14H13N3. The SMILES string of the molecule is c1ccc(N/N=C2\CCc3ccccc32)nc1. The molecule has 0 unspecified atom stereocenters. The van der Waals surface area contributed by atoms with Gasteiger partial charge in [-0.05, 0) is 30.5 Å². The fraction of sp³-hybridized carbons (Fsp3) is 0.143. The van der Waals surface area contributed by atoms with Crippen molar-refractivity contribution in [3.63, 3.8) is 0 Å². The van der Waals surface area contributed by atoms with Crippen LogP contribution in [0, 0.1) is 0 Å². The molecule has 0 bridgehead atoms. The van der Waals surface area contributed by atoms with Crippen LogP contribution in [0.3, 0.4) is 0 Å². The van der Waals surface area contributed by atoms with E-state index in [4.69, 9.17) is 0 Å². The Morgan fingerprint density at radius 2 is 1.88 bits per heavy atom. The summed E-state index contributed by atoms with van der Waals surface area (Å²) >= 11 is 0. The highest BCUT2D eigenvalue weighted by atomic mass is 15.3. The second-order valence-electron chi connectivity index (χ2n) is 4.04. The molecule has 0 atom stereocenters. The number of hydrazone groups is 1. The predicted molar refractivity (Wildman–Crippen MR) is 69.2 cm³/mol. The normalized spacial score (nSPS) is 15.9. The summed E-state index contributed by atoms with van der Waals surface area (Å²) in [5.74, 6) is 0.782. The summed E-state index contributed by atoms with van der Waals surface area (Å²) in [6.07, 6.45) is 3.84. The molecule has 1 aliphatic rings. The minimum atomic E-state index is 0.782. The molecule has 17 heavy (non-hydrogen) atoms. The third-order valence-corrected chi connectivity index (χ3v) is 2.93. The molecule has 3 heteroatoms. The summed E-state index contributed by atoms with van der Waals surface area (Å²) in [5, 5.41) is 4.44. The molecule has 1 aromatic heterocycles.